The second-order valence-corrected chi connectivity index (χ2v) is 5.56. The molecule has 1 aromatic carbocycles. The number of fused-ring (bicyclic) bond motifs is 1. The number of amides is 1. The molecule has 3 heterocycles. The maximum Gasteiger partial charge on any atom is 0.262 e. The molecule has 0 saturated heterocycles. The maximum absolute atomic E-state index is 13.9. The maximum atomic E-state index is 13.9. The van der Waals surface area contributed by atoms with E-state index in [0.29, 0.717) is 17.0 Å². The molecular formula is C17H12F2N6O. The zero-order chi connectivity index (χ0) is 18.3. The molecule has 0 unspecified atom stereocenters. The van der Waals surface area contributed by atoms with Gasteiger partial charge in [-0.1, -0.05) is 0 Å². The molecule has 3 aromatic heterocycles. The first-order valence-corrected chi connectivity index (χ1v) is 7.62. The molecule has 7 nitrogen and oxygen atoms in total. The Kier molecular flexibility index (Phi) is 3.68. The molecule has 0 aliphatic carbocycles. The largest absolute Gasteiger partial charge is 0.307 e. The number of nitrogens with one attached hydrogen (secondary N) is 1. The smallest absolute Gasteiger partial charge is 0.262 e. The van der Waals surface area contributed by atoms with Crippen LogP contribution in [0.3, 0.4) is 0 Å². The van der Waals surface area contributed by atoms with Crippen molar-refractivity contribution in [2.75, 3.05) is 5.32 Å². The van der Waals surface area contributed by atoms with E-state index in [4.69, 9.17) is 0 Å². The standard InChI is InChI=1S/C17H12F2N6O/c1-24-15(8-14(23-24)11-4-3-10(18)7-13(11)19)22-17(26)12-9-21-25-6-2-5-20-16(12)25/h2-9H,1H3,(H,22,26). The lowest BCUT2D eigenvalue weighted by molar-refractivity contribution is 0.102. The Morgan fingerprint density at radius 3 is 2.88 bits per heavy atom. The second kappa shape index (κ2) is 6.03. The van der Waals surface area contributed by atoms with Crippen molar-refractivity contribution in [2.24, 2.45) is 7.05 Å². The fraction of sp³-hybridized carbons (Fsp3) is 0.0588. The van der Waals surface area contributed by atoms with Crippen LogP contribution in [0.25, 0.3) is 16.9 Å². The van der Waals surface area contributed by atoms with Crippen molar-refractivity contribution in [3.8, 4) is 11.3 Å². The number of nitrogens with zero attached hydrogens (tertiary/aromatic N) is 5. The Morgan fingerprint density at radius 2 is 2.08 bits per heavy atom. The van der Waals surface area contributed by atoms with E-state index in [1.807, 2.05) is 0 Å². The van der Waals surface area contributed by atoms with Crippen molar-refractivity contribution < 1.29 is 13.6 Å². The van der Waals surface area contributed by atoms with Crippen molar-refractivity contribution in [3.05, 3.63) is 66.1 Å². The molecule has 26 heavy (non-hydrogen) atoms. The summed E-state index contributed by atoms with van der Waals surface area (Å²) in [6.45, 7) is 0. The van der Waals surface area contributed by atoms with Gasteiger partial charge >= 0.3 is 0 Å². The average molecular weight is 354 g/mol. The van der Waals surface area contributed by atoms with Gasteiger partial charge in [0.2, 0.25) is 0 Å². The summed E-state index contributed by atoms with van der Waals surface area (Å²) in [6.07, 6.45) is 4.65. The summed E-state index contributed by atoms with van der Waals surface area (Å²) in [4.78, 5) is 16.7. The highest BCUT2D eigenvalue weighted by atomic mass is 19.1. The molecule has 1 N–H and O–H groups in total. The SMILES string of the molecule is Cn1nc(-c2ccc(F)cc2F)cc1NC(=O)c1cnn2cccnc12. The van der Waals surface area contributed by atoms with Gasteiger partial charge in [-0.3, -0.25) is 9.48 Å². The molecule has 0 fully saturated rings. The van der Waals surface area contributed by atoms with E-state index >= 15 is 0 Å². The predicted molar refractivity (Wildman–Crippen MR) is 89.5 cm³/mol. The number of rotatable bonds is 3. The van der Waals surface area contributed by atoms with Crippen LogP contribution in [0.15, 0.2) is 48.9 Å². The van der Waals surface area contributed by atoms with Gasteiger partial charge in [0.05, 0.1) is 11.9 Å². The highest BCUT2D eigenvalue weighted by Gasteiger charge is 2.17. The zero-order valence-corrected chi connectivity index (χ0v) is 13.5. The van der Waals surface area contributed by atoms with E-state index < -0.39 is 17.5 Å². The van der Waals surface area contributed by atoms with E-state index in [-0.39, 0.29) is 11.3 Å². The molecule has 0 saturated carbocycles. The lowest BCUT2D eigenvalue weighted by atomic mass is 10.1. The molecule has 130 valence electrons. The van der Waals surface area contributed by atoms with Crippen LogP contribution in [0.2, 0.25) is 0 Å². The summed E-state index contributed by atoms with van der Waals surface area (Å²) in [5.74, 6) is -1.47. The molecule has 0 aliphatic heterocycles. The van der Waals surface area contributed by atoms with Crippen molar-refractivity contribution >= 4 is 17.4 Å². The highest BCUT2D eigenvalue weighted by Crippen LogP contribution is 2.25. The van der Waals surface area contributed by atoms with Gasteiger partial charge in [-0.25, -0.2) is 18.3 Å². The van der Waals surface area contributed by atoms with E-state index in [1.165, 1.54) is 27.5 Å². The molecule has 0 bridgehead atoms. The van der Waals surface area contributed by atoms with Gasteiger partial charge in [-0.2, -0.15) is 10.2 Å². The third kappa shape index (κ3) is 2.69. The molecule has 1 amide bonds. The number of aryl methyl sites for hydroxylation is 1. The fourth-order valence-corrected chi connectivity index (χ4v) is 2.58. The Balaban J connectivity index is 1.65. The lowest BCUT2D eigenvalue weighted by Gasteiger charge is -2.03. The average Bonchev–Trinajstić information content (AvgIpc) is 3.19. The number of carbonyl (C=O) groups excluding carboxylic acids is 1. The minimum atomic E-state index is -0.729. The summed E-state index contributed by atoms with van der Waals surface area (Å²) >= 11 is 0. The van der Waals surface area contributed by atoms with Crippen LogP contribution >= 0.6 is 0 Å². The number of halogens is 2. The quantitative estimate of drug-likeness (QED) is 0.614. The van der Waals surface area contributed by atoms with Gasteiger partial charge < -0.3 is 5.32 Å². The van der Waals surface area contributed by atoms with Crippen LogP contribution in [0.5, 0.6) is 0 Å². The van der Waals surface area contributed by atoms with Gasteiger partial charge in [0.1, 0.15) is 23.0 Å². The van der Waals surface area contributed by atoms with Crippen molar-refractivity contribution in [1.82, 2.24) is 24.4 Å². The van der Waals surface area contributed by atoms with Gasteiger partial charge in [0.15, 0.2) is 5.65 Å². The first-order chi connectivity index (χ1) is 12.5. The minimum absolute atomic E-state index is 0.139. The molecule has 0 atom stereocenters. The monoisotopic (exact) mass is 354 g/mol. The molecule has 4 aromatic rings. The fourth-order valence-electron chi connectivity index (χ4n) is 2.58. The van der Waals surface area contributed by atoms with Gasteiger partial charge in [-0.05, 0) is 18.2 Å². The van der Waals surface area contributed by atoms with Crippen LogP contribution in [0.4, 0.5) is 14.6 Å². The van der Waals surface area contributed by atoms with E-state index in [0.717, 1.165) is 12.1 Å². The number of aromatic nitrogens is 5. The zero-order valence-electron chi connectivity index (χ0n) is 13.5. The number of hydrogen-bond acceptors (Lipinski definition) is 4. The van der Waals surface area contributed by atoms with E-state index in [9.17, 15) is 13.6 Å². The van der Waals surface area contributed by atoms with E-state index in [1.54, 1.807) is 25.5 Å². The van der Waals surface area contributed by atoms with Crippen molar-refractivity contribution in [1.29, 1.82) is 0 Å². The normalized spacial score (nSPS) is 11.0. The summed E-state index contributed by atoms with van der Waals surface area (Å²) in [7, 11) is 1.61. The van der Waals surface area contributed by atoms with Crippen molar-refractivity contribution in [3.63, 3.8) is 0 Å². The molecular weight excluding hydrogens is 342 g/mol. The van der Waals surface area contributed by atoms with Gasteiger partial charge in [0.25, 0.3) is 5.91 Å². The Bertz CT molecular complexity index is 1130. The number of anilines is 1. The minimum Gasteiger partial charge on any atom is -0.307 e. The van der Waals surface area contributed by atoms with Crippen LogP contribution in [-0.2, 0) is 7.05 Å². The predicted octanol–water partition coefficient (Wildman–Crippen LogP) is 2.66. The first-order valence-electron chi connectivity index (χ1n) is 7.62. The molecule has 9 heteroatoms. The first kappa shape index (κ1) is 15.9. The number of hydrogen-bond donors (Lipinski definition) is 1. The molecule has 0 spiro atoms. The van der Waals surface area contributed by atoms with Gasteiger partial charge in [0, 0.05) is 37.1 Å². The summed E-state index contributed by atoms with van der Waals surface area (Å²) in [5.41, 5.74) is 1.12. The Morgan fingerprint density at radius 1 is 1.23 bits per heavy atom. The second-order valence-electron chi connectivity index (χ2n) is 5.56. The number of benzene rings is 1. The van der Waals surface area contributed by atoms with Gasteiger partial charge in [-0.15, -0.1) is 0 Å². The van der Waals surface area contributed by atoms with Crippen LogP contribution in [0, 0.1) is 11.6 Å². The lowest BCUT2D eigenvalue weighted by Crippen LogP contribution is -2.14. The highest BCUT2D eigenvalue weighted by molar-refractivity contribution is 6.07. The topological polar surface area (TPSA) is 77.1 Å². The number of carbonyl (C=O) groups is 1. The Labute approximate surface area is 145 Å². The van der Waals surface area contributed by atoms with Crippen LogP contribution in [0.1, 0.15) is 10.4 Å². The molecule has 0 aliphatic rings. The molecule has 4 rings (SSSR count). The third-order valence-corrected chi connectivity index (χ3v) is 3.85. The summed E-state index contributed by atoms with van der Waals surface area (Å²) in [5, 5.41) is 10.9. The van der Waals surface area contributed by atoms with E-state index in [2.05, 4.69) is 20.5 Å². The van der Waals surface area contributed by atoms with Crippen molar-refractivity contribution in [2.45, 2.75) is 0 Å². The summed E-state index contributed by atoms with van der Waals surface area (Å²) in [6, 6.07) is 6.44. The third-order valence-electron chi connectivity index (χ3n) is 3.85. The van der Waals surface area contributed by atoms with Crippen LogP contribution in [-0.4, -0.2) is 30.3 Å². The summed E-state index contributed by atoms with van der Waals surface area (Å²) < 4.78 is 29.9. The molecule has 0 radical (unpaired) electrons. The Hall–Kier alpha value is -3.62. The van der Waals surface area contributed by atoms with Crippen LogP contribution < -0.4 is 5.32 Å².